The Morgan fingerprint density at radius 2 is 2.12 bits per heavy atom. The van der Waals surface area contributed by atoms with Gasteiger partial charge in [-0.25, -0.2) is 0 Å². The Morgan fingerprint density at radius 3 is 2.75 bits per heavy atom. The van der Waals surface area contributed by atoms with Gasteiger partial charge in [0.05, 0.1) is 0 Å². The Bertz CT molecular complexity index is 323. The molecule has 1 nitrogen and oxygen atoms in total. The van der Waals surface area contributed by atoms with Crippen LogP contribution in [-0.4, -0.2) is 12.6 Å². The molecule has 0 bridgehead atoms. The molecule has 0 aliphatic heterocycles. The Balaban J connectivity index is 2.42. The van der Waals surface area contributed by atoms with E-state index in [1.54, 1.807) is 0 Å². The molecule has 1 N–H and O–H groups in total. The van der Waals surface area contributed by atoms with Crippen LogP contribution in [0.1, 0.15) is 37.8 Å². The summed E-state index contributed by atoms with van der Waals surface area (Å²) in [6, 6.07) is 6.88. The Labute approximate surface area is 104 Å². The molecule has 0 aliphatic carbocycles. The van der Waals surface area contributed by atoms with E-state index in [1.165, 1.54) is 17.5 Å². The Kier molecular flexibility index (Phi) is 5.86. The molecule has 0 heterocycles. The van der Waals surface area contributed by atoms with E-state index in [0.29, 0.717) is 6.04 Å². The SMILES string of the molecule is CCCNC(C)CCc1ccc(C)cc1Cl. The average Bonchev–Trinajstić information content (AvgIpc) is 2.25. The molecule has 90 valence electrons. The van der Waals surface area contributed by atoms with Gasteiger partial charge in [-0.05, 0) is 56.8 Å². The van der Waals surface area contributed by atoms with E-state index in [4.69, 9.17) is 11.6 Å². The zero-order valence-electron chi connectivity index (χ0n) is 10.5. The molecule has 2 heteroatoms. The summed E-state index contributed by atoms with van der Waals surface area (Å²) in [5.74, 6) is 0. The van der Waals surface area contributed by atoms with Crippen molar-refractivity contribution < 1.29 is 0 Å². The van der Waals surface area contributed by atoms with Crippen molar-refractivity contribution in [2.75, 3.05) is 6.54 Å². The fraction of sp³-hybridized carbons (Fsp3) is 0.571. The molecule has 0 saturated carbocycles. The third-order valence-electron chi connectivity index (χ3n) is 2.80. The summed E-state index contributed by atoms with van der Waals surface area (Å²) in [7, 11) is 0. The van der Waals surface area contributed by atoms with Crippen LogP contribution in [0.3, 0.4) is 0 Å². The van der Waals surface area contributed by atoms with Gasteiger partial charge in [-0.1, -0.05) is 30.7 Å². The molecule has 0 spiro atoms. The topological polar surface area (TPSA) is 12.0 Å². The second-order valence-electron chi connectivity index (χ2n) is 4.49. The summed E-state index contributed by atoms with van der Waals surface area (Å²) in [4.78, 5) is 0. The predicted molar refractivity (Wildman–Crippen MR) is 72.3 cm³/mol. The van der Waals surface area contributed by atoms with E-state index < -0.39 is 0 Å². The lowest BCUT2D eigenvalue weighted by atomic mass is 10.0. The van der Waals surface area contributed by atoms with Crippen molar-refractivity contribution in [3.05, 3.63) is 34.3 Å². The average molecular weight is 240 g/mol. The van der Waals surface area contributed by atoms with Crippen LogP contribution in [0.5, 0.6) is 0 Å². The minimum atomic E-state index is 0.567. The summed E-state index contributed by atoms with van der Waals surface area (Å²) in [5, 5.41) is 4.40. The second-order valence-corrected chi connectivity index (χ2v) is 4.90. The summed E-state index contributed by atoms with van der Waals surface area (Å²) in [6.45, 7) is 7.60. The normalized spacial score (nSPS) is 12.8. The number of rotatable bonds is 6. The monoisotopic (exact) mass is 239 g/mol. The first kappa shape index (κ1) is 13.5. The lowest BCUT2D eigenvalue weighted by Gasteiger charge is -2.13. The van der Waals surface area contributed by atoms with Crippen LogP contribution in [0.4, 0.5) is 0 Å². The first-order chi connectivity index (χ1) is 7.63. The Morgan fingerprint density at radius 1 is 1.38 bits per heavy atom. The zero-order valence-corrected chi connectivity index (χ0v) is 11.3. The third kappa shape index (κ3) is 4.54. The Hall–Kier alpha value is -0.530. The van der Waals surface area contributed by atoms with Crippen LogP contribution in [0.15, 0.2) is 18.2 Å². The van der Waals surface area contributed by atoms with Gasteiger partial charge in [0.15, 0.2) is 0 Å². The predicted octanol–water partition coefficient (Wildman–Crippen LogP) is 3.97. The maximum Gasteiger partial charge on any atom is 0.0440 e. The van der Waals surface area contributed by atoms with Gasteiger partial charge in [-0.3, -0.25) is 0 Å². The van der Waals surface area contributed by atoms with Crippen molar-refractivity contribution >= 4 is 11.6 Å². The number of halogens is 1. The van der Waals surface area contributed by atoms with E-state index in [2.05, 4.69) is 38.2 Å². The molecule has 1 unspecified atom stereocenters. The first-order valence-electron chi connectivity index (χ1n) is 6.12. The van der Waals surface area contributed by atoms with Gasteiger partial charge in [-0.15, -0.1) is 0 Å². The van der Waals surface area contributed by atoms with Gasteiger partial charge in [0.1, 0.15) is 0 Å². The highest BCUT2D eigenvalue weighted by atomic mass is 35.5. The molecule has 0 aliphatic rings. The molecule has 0 aromatic heterocycles. The number of hydrogen-bond donors (Lipinski definition) is 1. The standard InChI is InChI=1S/C14H22ClN/c1-4-9-16-12(3)6-8-13-7-5-11(2)10-14(13)15/h5,7,10,12,16H,4,6,8-9H2,1-3H3. The summed E-state index contributed by atoms with van der Waals surface area (Å²) < 4.78 is 0. The number of aryl methyl sites for hydroxylation is 2. The lowest BCUT2D eigenvalue weighted by molar-refractivity contribution is 0.514. The van der Waals surface area contributed by atoms with Gasteiger partial charge in [0.25, 0.3) is 0 Å². The molecule has 16 heavy (non-hydrogen) atoms. The highest BCUT2D eigenvalue weighted by Gasteiger charge is 2.04. The quantitative estimate of drug-likeness (QED) is 0.792. The van der Waals surface area contributed by atoms with Crippen LogP contribution in [0.25, 0.3) is 0 Å². The van der Waals surface area contributed by atoms with Crippen LogP contribution >= 0.6 is 11.6 Å². The highest BCUT2D eigenvalue weighted by Crippen LogP contribution is 2.19. The van der Waals surface area contributed by atoms with E-state index in [-0.39, 0.29) is 0 Å². The summed E-state index contributed by atoms with van der Waals surface area (Å²) >= 11 is 6.20. The maximum absolute atomic E-state index is 6.20. The van der Waals surface area contributed by atoms with E-state index >= 15 is 0 Å². The molecule has 1 aromatic rings. The molecule has 1 rings (SSSR count). The first-order valence-corrected chi connectivity index (χ1v) is 6.49. The van der Waals surface area contributed by atoms with Gasteiger partial charge >= 0.3 is 0 Å². The van der Waals surface area contributed by atoms with Crippen molar-refractivity contribution in [1.82, 2.24) is 5.32 Å². The van der Waals surface area contributed by atoms with Crippen molar-refractivity contribution in [2.45, 2.75) is 46.1 Å². The molecule has 0 radical (unpaired) electrons. The highest BCUT2D eigenvalue weighted by molar-refractivity contribution is 6.31. The van der Waals surface area contributed by atoms with Gasteiger partial charge < -0.3 is 5.32 Å². The van der Waals surface area contributed by atoms with Gasteiger partial charge in [-0.2, -0.15) is 0 Å². The molecule has 0 saturated heterocycles. The second kappa shape index (κ2) is 6.93. The van der Waals surface area contributed by atoms with Crippen molar-refractivity contribution in [3.8, 4) is 0 Å². The lowest BCUT2D eigenvalue weighted by Crippen LogP contribution is -2.27. The van der Waals surface area contributed by atoms with E-state index in [9.17, 15) is 0 Å². The fourth-order valence-corrected chi connectivity index (χ4v) is 2.05. The van der Waals surface area contributed by atoms with Crippen LogP contribution in [0.2, 0.25) is 5.02 Å². The maximum atomic E-state index is 6.20. The summed E-state index contributed by atoms with van der Waals surface area (Å²) in [5.41, 5.74) is 2.49. The molecule has 1 atom stereocenters. The van der Waals surface area contributed by atoms with Crippen LogP contribution in [0, 0.1) is 6.92 Å². The van der Waals surface area contributed by atoms with Gasteiger partial charge in [0.2, 0.25) is 0 Å². The van der Waals surface area contributed by atoms with Gasteiger partial charge in [0, 0.05) is 11.1 Å². The summed E-state index contributed by atoms with van der Waals surface area (Å²) in [6.07, 6.45) is 3.38. The van der Waals surface area contributed by atoms with E-state index in [0.717, 1.165) is 24.4 Å². The number of nitrogens with one attached hydrogen (secondary N) is 1. The zero-order chi connectivity index (χ0) is 12.0. The minimum Gasteiger partial charge on any atom is -0.314 e. The largest absolute Gasteiger partial charge is 0.314 e. The number of hydrogen-bond acceptors (Lipinski definition) is 1. The smallest absolute Gasteiger partial charge is 0.0440 e. The van der Waals surface area contributed by atoms with Crippen molar-refractivity contribution in [3.63, 3.8) is 0 Å². The number of benzene rings is 1. The molecule has 0 fully saturated rings. The fourth-order valence-electron chi connectivity index (χ4n) is 1.72. The van der Waals surface area contributed by atoms with Crippen LogP contribution in [-0.2, 0) is 6.42 Å². The van der Waals surface area contributed by atoms with E-state index in [1.807, 2.05) is 6.07 Å². The van der Waals surface area contributed by atoms with Crippen LogP contribution < -0.4 is 5.32 Å². The minimum absolute atomic E-state index is 0.567. The van der Waals surface area contributed by atoms with Crippen molar-refractivity contribution in [1.29, 1.82) is 0 Å². The molecular weight excluding hydrogens is 218 g/mol. The van der Waals surface area contributed by atoms with Crippen molar-refractivity contribution in [2.24, 2.45) is 0 Å². The molecular formula is C14H22ClN. The molecule has 1 aromatic carbocycles. The molecule has 0 amide bonds. The third-order valence-corrected chi connectivity index (χ3v) is 3.15.